The highest BCUT2D eigenvalue weighted by Gasteiger charge is 2.62. The number of ether oxygens (including phenoxy) is 1. The standard InChI is InChI=1S/C17H25N3O4/c1-9-4-6-18-8-10(9)19-13(21)5-7-20-16(22)14-11-2-3-12(24-11)15(14)17(20)23/h9-12,14-15,18H,2-8H2,1H3,(H,19,21). The van der Waals surface area contributed by atoms with Crippen molar-refractivity contribution in [2.75, 3.05) is 19.6 Å². The van der Waals surface area contributed by atoms with E-state index in [0.717, 1.165) is 32.4 Å². The smallest absolute Gasteiger partial charge is 0.235 e. The Morgan fingerprint density at radius 1 is 1.21 bits per heavy atom. The van der Waals surface area contributed by atoms with Crippen LogP contribution in [0.1, 0.15) is 32.6 Å². The van der Waals surface area contributed by atoms with Crippen LogP contribution >= 0.6 is 0 Å². The number of fused-ring (bicyclic) bond motifs is 5. The van der Waals surface area contributed by atoms with E-state index in [1.165, 1.54) is 4.90 Å². The molecule has 0 aromatic carbocycles. The molecule has 4 heterocycles. The van der Waals surface area contributed by atoms with Gasteiger partial charge in [0, 0.05) is 25.6 Å². The molecule has 4 saturated heterocycles. The van der Waals surface area contributed by atoms with E-state index in [1.54, 1.807) is 0 Å². The second kappa shape index (κ2) is 6.11. The van der Waals surface area contributed by atoms with Crippen LogP contribution in [0.15, 0.2) is 0 Å². The highest BCUT2D eigenvalue weighted by Crippen LogP contribution is 2.48. The summed E-state index contributed by atoms with van der Waals surface area (Å²) in [6.07, 6.45) is 2.77. The zero-order chi connectivity index (χ0) is 16.8. The molecule has 0 aromatic rings. The van der Waals surface area contributed by atoms with Crippen molar-refractivity contribution in [3.63, 3.8) is 0 Å². The van der Waals surface area contributed by atoms with Crippen LogP contribution in [0.2, 0.25) is 0 Å². The summed E-state index contributed by atoms with van der Waals surface area (Å²) in [7, 11) is 0. The van der Waals surface area contributed by atoms with E-state index < -0.39 is 0 Å². The Kier molecular flexibility index (Phi) is 4.08. The number of piperidine rings is 1. The van der Waals surface area contributed by atoms with Gasteiger partial charge in [-0.3, -0.25) is 19.3 Å². The predicted octanol–water partition coefficient (Wildman–Crippen LogP) is -0.347. The van der Waals surface area contributed by atoms with Crippen LogP contribution in [0.3, 0.4) is 0 Å². The molecule has 7 nitrogen and oxygen atoms in total. The molecule has 2 N–H and O–H groups in total. The number of hydrogen-bond acceptors (Lipinski definition) is 5. The molecule has 7 heteroatoms. The fourth-order valence-electron chi connectivity index (χ4n) is 4.67. The minimum atomic E-state index is -0.304. The van der Waals surface area contributed by atoms with E-state index in [-0.39, 0.29) is 60.8 Å². The molecular formula is C17H25N3O4. The molecule has 6 unspecified atom stereocenters. The fraction of sp³-hybridized carbons (Fsp3) is 0.824. The first kappa shape index (κ1) is 16.0. The summed E-state index contributed by atoms with van der Waals surface area (Å²) < 4.78 is 5.71. The molecule has 0 radical (unpaired) electrons. The summed E-state index contributed by atoms with van der Waals surface area (Å²) in [6.45, 7) is 4.08. The molecule has 132 valence electrons. The Bertz CT molecular complexity index is 538. The van der Waals surface area contributed by atoms with Crippen molar-refractivity contribution in [2.45, 2.75) is 50.9 Å². The van der Waals surface area contributed by atoms with Crippen LogP contribution in [0.4, 0.5) is 0 Å². The number of hydrogen-bond donors (Lipinski definition) is 2. The Balaban J connectivity index is 1.32. The lowest BCUT2D eigenvalue weighted by molar-refractivity contribution is -0.142. The molecule has 0 aromatic heterocycles. The second-order valence-corrected chi connectivity index (χ2v) is 7.56. The maximum Gasteiger partial charge on any atom is 0.235 e. The van der Waals surface area contributed by atoms with Crippen molar-refractivity contribution >= 4 is 17.7 Å². The van der Waals surface area contributed by atoms with Crippen molar-refractivity contribution in [3.05, 3.63) is 0 Å². The first-order chi connectivity index (χ1) is 11.6. The second-order valence-electron chi connectivity index (χ2n) is 7.56. The monoisotopic (exact) mass is 335 g/mol. The SMILES string of the molecule is CC1CCNCC1NC(=O)CCN1C(=O)C2C3CCC(O3)C2C1=O. The van der Waals surface area contributed by atoms with Crippen molar-refractivity contribution < 1.29 is 19.1 Å². The van der Waals surface area contributed by atoms with Crippen molar-refractivity contribution in [1.29, 1.82) is 0 Å². The van der Waals surface area contributed by atoms with E-state index in [2.05, 4.69) is 17.6 Å². The molecule has 3 amide bonds. The van der Waals surface area contributed by atoms with Gasteiger partial charge < -0.3 is 15.4 Å². The van der Waals surface area contributed by atoms with E-state index in [9.17, 15) is 14.4 Å². The third kappa shape index (κ3) is 2.54. The van der Waals surface area contributed by atoms with Gasteiger partial charge in [-0.1, -0.05) is 6.92 Å². The first-order valence-corrected chi connectivity index (χ1v) is 9.07. The molecule has 4 rings (SSSR count). The number of nitrogens with zero attached hydrogens (tertiary/aromatic N) is 1. The van der Waals surface area contributed by atoms with Crippen LogP contribution in [0.25, 0.3) is 0 Å². The minimum absolute atomic E-state index is 0.0903. The van der Waals surface area contributed by atoms with Gasteiger partial charge in [-0.15, -0.1) is 0 Å². The van der Waals surface area contributed by atoms with Gasteiger partial charge in [-0.25, -0.2) is 0 Å². The molecular weight excluding hydrogens is 310 g/mol. The Morgan fingerprint density at radius 3 is 2.50 bits per heavy atom. The van der Waals surface area contributed by atoms with Gasteiger partial charge >= 0.3 is 0 Å². The van der Waals surface area contributed by atoms with E-state index in [4.69, 9.17) is 4.74 Å². The summed E-state index contributed by atoms with van der Waals surface area (Å²) in [5.74, 6) is -0.538. The Labute approximate surface area is 141 Å². The topological polar surface area (TPSA) is 87.7 Å². The molecule has 24 heavy (non-hydrogen) atoms. The largest absolute Gasteiger partial charge is 0.373 e. The van der Waals surface area contributed by atoms with Crippen molar-refractivity contribution in [2.24, 2.45) is 17.8 Å². The average Bonchev–Trinajstić information content (AvgIpc) is 3.23. The number of rotatable bonds is 4. The van der Waals surface area contributed by atoms with Crippen molar-refractivity contribution in [1.82, 2.24) is 15.5 Å². The first-order valence-electron chi connectivity index (χ1n) is 9.07. The molecule has 4 fully saturated rings. The van der Waals surface area contributed by atoms with Gasteiger partial charge in [-0.2, -0.15) is 0 Å². The van der Waals surface area contributed by atoms with Crippen LogP contribution in [-0.4, -0.2) is 60.5 Å². The number of likely N-dealkylation sites (tertiary alicyclic amines) is 1. The summed E-state index contributed by atoms with van der Waals surface area (Å²) in [4.78, 5) is 38.5. The number of amides is 3. The molecule has 2 bridgehead atoms. The predicted molar refractivity (Wildman–Crippen MR) is 84.8 cm³/mol. The van der Waals surface area contributed by atoms with Gasteiger partial charge in [0.15, 0.2) is 0 Å². The van der Waals surface area contributed by atoms with Gasteiger partial charge in [0.1, 0.15) is 0 Å². The molecule has 0 aliphatic carbocycles. The highest BCUT2D eigenvalue weighted by atomic mass is 16.5. The van der Waals surface area contributed by atoms with E-state index >= 15 is 0 Å². The number of carbonyl (C=O) groups is 3. The van der Waals surface area contributed by atoms with Crippen LogP contribution in [0.5, 0.6) is 0 Å². The maximum absolute atomic E-state index is 12.5. The highest BCUT2D eigenvalue weighted by molar-refractivity contribution is 6.06. The summed E-state index contributed by atoms with van der Waals surface area (Å²) in [6, 6.07) is 0.125. The lowest BCUT2D eigenvalue weighted by Crippen LogP contribution is -2.50. The molecule has 0 saturated carbocycles. The van der Waals surface area contributed by atoms with Crippen LogP contribution in [0, 0.1) is 17.8 Å². The summed E-state index contributed by atoms with van der Waals surface area (Å²) in [5.41, 5.74) is 0. The lowest BCUT2D eigenvalue weighted by Gasteiger charge is -2.30. The summed E-state index contributed by atoms with van der Waals surface area (Å²) in [5, 5.41) is 6.31. The minimum Gasteiger partial charge on any atom is -0.373 e. The van der Waals surface area contributed by atoms with Crippen LogP contribution in [-0.2, 0) is 19.1 Å². The molecule has 0 spiro atoms. The van der Waals surface area contributed by atoms with Crippen LogP contribution < -0.4 is 10.6 Å². The maximum atomic E-state index is 12.5. The van der Waals surface area contributed by atoms with Gasteiger partial charge in [0.25, 0.3) is 0 Å². The number of imide groups is 1. The van der Waals surface area contributed by atoms with E-state index in [1.807, 2.05) is 0 Å². The zero-order valence-electron chi connectivity index (χ0n) is 14.0. The van der Waals surface area contributed by atoms with Gasteiger partial charge in [0.2, 0.25) is 17.7 Å². The molecule has 4 aliphatic heterocycles. The fourth-order valence-corrected chi connectivity index (χ4v) is 4.67. The average molecular weight is 335 g/mol. The lowest BCUT2D eigenvalue weighted by atomic mass is 9.81. The Morgan fingerprint density at radius 2 is 1.88 bits per heavy atom. The molecule has 4 aliphatic rings. The zero-order valence-corrected chi connectivity index (χ0v) is 14.0. The van der Waals surface area contributed by atoms with Gasteiger partial charge in [-0.05, 0) is 31.7 Å². The molecule has 6 atom stereocenters. The number of carbonyl (C=O) groups excluding carboxylic acids is 3. The number of nitrogens with one attached hydrogen (secondary N) is 2. The normalized spacial score (nSPS) is 41.0. The van der Waals surface area contributed by atoms with Gasteiger partial charge in [0.05, 0.1) is 24.0 Å². The Hall–Kier alpha value is -1.47. The third-order valence-electron chi connectivity index (χ3n) is 6.11. The third-order valence-corrected chi connectivity index (χ3v) is 6.11. The summed E-state index contributed by atoms with van der Waals surface area (Å²) >= 11 is 0. The quantitative estimate of drug-likeness (QED) is 0.686. The van der Waals surface area contributed by atoms with Crippen molar-refractivity contribution in [3.8, 4) is 0 Å². The van der Waals surface area contributed by atoms with E-state index in [0.29, 0.717) is 5.92 Å².